The lowest BCUT2D eigenvalue weighted by atomic mass is 9.77. The number of anilines is 1. The molecule has 0 atom stereocenters. The average molecular weight is 532 g/mol. The van der Waals surface area contributed by atoms with E-state index in [4.69, 9.17) is 16.7 Å². The normalized spacial score (nSPS) is 11.6. The van der Waals surface area contributed by atoms with Crippen molar-refractivity contribution in [1.82, 2.24) is 9.78 Å². The molecule has 1 aromatic heterocycles. The summed E-state index contributed by atoms with van der Waals surface area (Å²) in [7, 11) is 1.86. The van der Waals surface area contributed by atoms with Gasteiger partial charge in [-0.3, -0.25) is 0 Å². The Morgan fingerprint density at radius 2 is 1.28 bits per heavy atom. The lowest BCUT2D eigenvalue weighted by molar-refractivity contribution is 0.477. The number of nitrogens with zero attached hydrogens (tertiary/aromatic N) is 2. The first-order chi connectivity index (χ1) is 19.0. The highest BCUT2D eigenvalue weighted by Crippen LogP contribution is 2.44. The summed E-state index contributed by atoms with van der Waals surface area (Å²) in [5.74, 6) is 0.433. The molecule has 0 radical (unpaired) electrons. The van der Waals surface area contributed by atoms with E-state index < -0.39 is 5.54 Å². The van der Waals surface area contributed by atoms with E-state index >= 15 is 4.39 Å². The zero-order chi connectivity index (χ0) is 27.0. The highest BCUT2D eigenvalue weighted by atomic mass is 35.5. The van der Waals surface area contributed by atoms with Gasteiger partial charge in [0.25, 0.3) is 0 Å². The first kappa shape index (κ1) is 24.9. The van der Waals surface area contributed by atoms with Gasteiger partial charge >= 0.3 is 0 Å². The lowest BCUT2D eigenvalue weighted by Gasteiger charge is -2.37. The standard InChI is InChI=1S/C34H27ClFN3/c1-23-20-28(35)22-29(32(23)36)24-18-19-31-30(21-24)33(37-2)38-39(31)34(25-12-6-3-7-13-25,26-14-8-4-9-15-26)27-16-10-5-11-17-27/h3-22H,1-2H3,(H,37,38). The van der Waals surface area contributed by atoms with Crippen LogP contribution in [0.1, 0.15) is 22.3 Å². The predicted octanol–water partition coefficient (Wildman–Crippen LogP) is 8.69. The van der Waals surface area contributed by atoms with Crippen molar-refractivity contribution in [1.29, 1.82) is 0 Å². The monoisotopic (exact) mass is 531 g/mol. The summed E-state index contributed by atoms with van der Waals surface area (Å²) in [6.45, 7) is 1.73. The second-order valence-electron chi connectivity index (χ2n) is 9.64. The minimum atomic E-state index is -0.767. The van der Waals surface area contributed by atoms with E-state index in [2.05, 4.69) is 82.8 Å². The molecule has 5 heteroatoms. The summed E-state index contributed by atoms with van der Waals surface area (Å²) in [5.41, 5.74) is 5.11. The van der Waals surface area contributed by atoms with E-state index in [-0.39, 0.29) is 5.82 Å². The molecule has 0 saturated carbocycles. The average Bonchev–Trinajstić information content (AvgIpc) is 3.35. The molecule has 1 heterocycles. The number of benzene rings is 5. The smallest absolute Gasteiger partial charge is 0.155 e. The van der Waals surface area contributed by atoms with Crippen LogP contribution in [-0.2, 0) is 5.54 Å². The highest BCUT2D eigenvalue weighted by Gasteiger charge is 2.40. The van der Waals surface area contributed by atoms with Gasteiger partial charge in [-0.05, 0) is 59.0 Å². The summed E-state index contributed by atoms with van der Waals surface area (Å²) in [4.78, 5) is 0. The topological polar surface area (TPSA) is 29.9 Å². The first-order valence-electron chi connectivity index (χ1n) is 12.9. The third kappa shape index (κ3) is 4.08. The molecule has 0 aliphatic carbocycles. The fourth-order valence-electron chi connectivity index (χ4n) is 5.57. The molecule has 0 aliphatic heterocycles. The van der Waals surface area contributed by atoms with Crippen molar-refractivity contribution in [2.75, 3.05) is 12.4 Å². The molecule has 3 nitrogen and oxygen atoms in total. The Labute approximate surface area is 232 Å². The van der Waals surface area contributed by atoms with Crippen LogP contribution in [0.2, 0.25) is 5.02 Å². The maximum absolute atomic E-state index is 15.2. The molecule has 5 aromatic carbocycles. The Kier molecular flexibility index (Phi) is 6.41. The summed E-state index contributed by atoms with van der Waals surface area (Å²) in [5, 5.41) is 9.86. The molecule has 0 bridgehead atoms. The van der Waals surface area contributed by atoms with Crippen LogP contribution in [0, 0.1) is 12.7 Å². The third-order valence-corrected chi connectivity index (χ3v) is 7.56. The van der Waals surface area contributed by atoms with Gasteiger partial charge in [0, 0.05) is 23.0 Å². The van der Waals surface area contributed by atoms with Crippen LogP contribution < -0.4 is 5.32 Å². The Balaban J connectivity index is 1.71. The fraction of sp³-hybridized carbons (Fsp3) is 0.0882. The van der Waals surface area contributed by atoms with Crippen LogP contribution in [-0.4, -0.2) is 16.8 Å². The molecule has 6 aromatic rings. The van der Waals surface area contributed by atoms with Crippen LogP contribution in [0.15, 0.2) is 121 Å². The minimum Gasteiger partial charge on any atom is -0.371 e. The van der Waals surface area contributed by atoms with E-state index in [9.17, 15) is 0 Å². The number of aryl methyl sites for hydroxylation is 1. The van der Waals surface area contributed by atoms with Gasteiger partial charge in [0.05, 0.1) is 5.52 Å². The predicted molar refractivity (Wildman–Crippen MR) is 159 cm³/mol. The molecule has 0 unspecified atom stereocenters. The van der Waals surface area contributed by atoms with Gasteiger partial charge in [-0.2, -0.15) is 5.10 Å². The minimum absolute atomic E-state index is 0.274. The van der Waals surface area contributed by atoms with E-state index in [1.54, 1.807) is 19.1 Å². The lowest BCUT2D eigenvalue weighted by Crippen LogP contribution is -2.38. The number of nitrogens with one attached hydrogen (secondary N) is 1. The molecule has 0 amide bonds. The van der Waals surface area contributed by atoms with Crippen molar-refractivity contribution >= 4 is 28.3 Å². The molecule has 0 aliphatic rings. The quantitative estimate of drug-likeness (QED) is 0.218. The van der Waals surface area contributed by atoms with Gasteiger partial charge in [0.15, 0.2) is 5.82 Å². The molecule has 0 fully saturated rings. The van der Waals surface area contributed by atoms with E-state index in [1.165, 1.54) is 0 Å². The number of hydrogen-bond donors (Lipinski definition) is 1. The second-order valence-corrected chi connectivity index (χ2v) is 10.1. The zero-order valence-corrected chi connectivity index (χ0v) is 22.5. The maximum atomic E-state index is 15.2. The number of halogens is 2. The zero-order valence-electron chi connectivity index (χ0n) is 21.7. The Bertz CT molecular complexity index is 1670. The van der Waals surface area contributed by atoms with Crippen molar-refractivity contribution in [2.45, 2.75) is 12.5 Å². The van der Waals surface area contributed by atoms with E-state index in [0.29, 0.717) is 22.0 Å². The Hall–Kier alpha value is -4.41. The highest BCUT2D eigenvalue weighted by molar-refractivity contribution is 6.31. The molecule has 0 saturated heterocycles. The van der Waals surface area contributed by atoms with Gasteiger partial charge in [-0.15, -0.1) is 0 Å². The van der Waals surface area contributed by atoms with Crippen molar-refractivity contribution in [2.24, 2.45) is 0 Å². The molecule has 1 N–H and O–H groups in total. The van der Waals surface area contributed by atoms with Crippen molar-refractivity contribution < 1.29 is 4.39 Å². The van der Waals surface area contributed by atoms with Crippen LogP contribution >= 0.6 is 11.6 Å². The van der Waals surface area contributed by atoms with Crippen LogP contribution in [0.4, 0.5) is 10.2 Å². The van der Waals surface area contributed by atoms with Gasteiger partial charge in [-0.1, -0.05) is 109 Å². The summed E-state index contributed by atoms with van der Waals surface area (Å²) in [6.07, 6.45) is 0. The van der Waals surface area contributed by atoms with Gasteiger partial charge in [0.1, 0.15) is 11.4 Å². The maximum Gasteiger partial charge on any atom is 0.155 e. The molecule has 39 heavy (non-hydrogen) atoms. The largest absolute Gasteiger partial charge is 0.371 e. The molecule has 192 valence electrons. The molecule has 0 spiro atoms. The van der Waals surface area contributed by atoms with E-state index in [0.717, 1.165) is 33.2 Å². The number of rotatable bonds is 6. The van der Waals surface area contributed by atoms with Crippen LogP contribution in [0.5, 0.6) is 0 Å². The summed E-state index contributed by atoms with van der Waals surface area (Å²) in [6, 6.07) is 40.6. The summed E-state index contributed by atoms with van der Waals surface area (Å²) < 4.78 is 17.3. The molecular weight excluding hydrogens is 505 g/mol. The Morgan fingerprint density at radius 1 is 0.744 bits per heavy atom. The van der Waals surface area contributed by atoms with Gasteiger partial charge < -0.3 is 5.32 Å². The van der Waals surface area contributed by atoms with Crippen LogP contribution in [0.25, 0.3) is 22.0 Å². The fourth-order valence-corrected chi connectivity index (χ4v) is 5.84. The second kappa shape index (κ2) is 10.0. The van der Waals surface area contributed by atoms with Gasteiger partial charge in [-0.25, -0.2) is 9.07 Å². The number of aromatic nitrogens is 2. The van der Waals surface area contributed by atoms with Crippen molar-refractivity contribution in [3.63, 3.8) is 0 Å². The molecular formula is C34H27ClFN3. The SMILES string of the molecule is CNc1nn(C(c2ccccc2)(c2ccccc2)c2ccccc2)c2ccc(-c3cc(Cl)cc(C)c3F)cc12. The molecule has 6 rings (SSSR count). The van der Waals surface area contributed by atoms with Crippen LogP contribution in [0.3, 0.4) is 0 Å². The number of hydrogen-bond acceptors (Lipinski definition) is 2. The van der Waals surface area contributed by atoms with Gasteiger partial charge in [0.2, 0.25) is 0 Å². The first-order valence-corrected chi connectivity index (χ1v) is 13.3. The third-order valence-electron chi connectivity index (χ3n) is 7.34. The van der Waals surface area contributed by atoms with Crippen molar-refractivity contribution in [3.05, 3.63) is 154 Å². The number of fused-ring (bicyclic) bond motifs is 1. The summed E-state index contributed by atoms with van der Waals surface area (Å²) >= 11 is 6.32. The Morgan fingerprint density at radius 3 is 1.79 bits per heavy atom. The van der Waals surface area contributed by atoms with E-state index in [1.807, 2.05) is 43.4 Å². The van der Waals surface area contributed by atoms with Crippen molar-refractivity contribution in [3.8, 4) is 11.1 Å².